The zero-order valence-corrected chi connectivity index (χ0v) is 6.91. The minimum absolute atomic E-state index is 0.0241. The van der Waals surface area contributed by atoms with Crippen molar-refractivity contribution in [1.82, 2.24) is 0 Å². The topological polar surface area (TPSA) is 17.1 Å². The SMILES string of the molecule is O=C(CCl)C1=CC=CCS1. The minimum atomic E-state index is 0.0241. The fourth-order valence-corrected chi connectivity index (χ4v) is 1.65. The number of alkyl halides is 1. The summed E-state index contributed by atoms with van der Waals surface area (Å²) in [7, 11) is 0. The van der Waals surface area contributed by atoms with Gasteiger partial charge in [0, 0.05) is 5.75 Å². The predicted octanol–water partition coefficient (Wildman–Crippen LogP) is 1.98. The highest BCUT2D eigenvalue weighted by molar-refractivity contribution is 8.04. The minimum Gasteiger partial charge on any atom is -0.292 e. The molecule has 0 saturated carbocycles. The maximum atomic E-state index is 10.9. The third kappa shape index (κ3) is 1.89. The first kappa shape index (κ1) is 7.89. The van der Waals surface area contributed by atoms with Crippen LogP contribution in [0.2, 0.25) is 0 Å². The lowest BCUT2D eigenvalue weighted by atomic mass is 10.3. The summed E-state index contributed by atoms with van der Waals surface area (Å²) in [5.74, 6) is 0.997. The average Bonchev–Trinajstić information content (AvgIpc) is 2.05. The first-order valence-corrected chi connectivity index (χ1v) is 4.45. The van der Waals surface area contributed by atoms with Gasteiger partial charge in [0.1, 0.15) is 0 Å². The third-order valence-corrected chi connectivity index (χ3v) is 2.39. The standard InChI is InChI=1S/C7H7ClOS/c8-5-6(9)7-3-1-2-4-10-7/h1-3H,4-5H2. The maximum absolute atomic E-state index is 10.9. The van der Waals surface area contributed by atoms with Gasteiger partial charge in [-0.05, 0) is 6.08 Å². The van der Waals surface area contributed by atoms with Crippen LogP contribution in [0.25, 0.3) is 0 Å². The number of hydrogen-bond donors (Lipinski definition) is 0. The molecule has 10 heavy (non-hydrogen) atoms. The zero-order chi connectivity index (χ0) is 7.40. The summed E-state index contributed by atoms with van der Waals surface area (Å²) in [5, 5.41) is 0. The maximum Gasteiger partial charge on any atom is 0.183 e. The van der Waals surface area contributed by atoms with Gasteiger partial charge in [0.2, 0.25) is 0 Å². The molecule has 54 valence electrons. The largest absolute Gasteiger partial charge is 0.292 e. The monoisotopic (exact) mass is 174 g/mol. The molecule has 0 unspecified atom stereocenters. The van der Waals surface area contributed by atoms with Crippen molar-refractivity contribution < 1.29 is 4.79 Å². The second kappa shape index (κ2) is 3.84. The van der Waals surface area contributed by atoms with Crippen LogP contribution in [0.1, 0.15) is 0 Å². The summed E-state index contributed by atoms with van der Waals surface area (Å²) >= 11 is 6.89. The number of allylic oxidation sites excluding steroid dienone is 3. The Kier molecular flexibility index (Phi) is 3.03. The fourth-order valence-electron chi connectivity index (χ4n) is 0.636. The second-order valence-corrected chi connectivity index (χ2v) is 3.16. The highest BCUT2D eigenvalue weighted by Gasteiger charge is 2.08. The summed E-state index contributed by atoms with van der Waals surface area (Å²) in [4.78, 5) is 11.7. The van der Waals surface area contributed by atoms with Gasteiger partial charge in [0.15, 0.2) is 5.78 Å². The molecule has 0 aromatic heterocycles. The molecule has 0 atom stereocenters. The molecule has 1 aliphatic heterocycles. The number of rotatable bonds is 2. The highest BCUT2D eigenvalue weighted by atomic mass is 35.5. The summed E-state index contributed by atoms with van der Waals surface area (Å²) in [6.07, 6.45) is 5.70. The van der Waals surface area contributed by atoms with E-state index in [1.807, 2.05) is 12.2 Å². The van der Waals surface area contributed by atoms with Gasteiger partial charge in [-0.1, -0.05) is 12.2 Å². The van der Waals surface area contributed by atoms with Crippen molar-refractivity contribution in [3.8, 4) is 0 Å². The number of Topliss-reactive ketones (excluding diaryl/α,β-unsaturated/α-hetero) is 1. The quantitative estimate of drug-likeness (QED) is 0.596. The number of hydrogen-bond acceptors (Lipinski definition) is 2. The van der Waals surface area contributed by atoms with E-state index in [0.717, 1.165) is 10.7 Å². The molecule has 0 N–H and O–H groups in total. The van der Waals surface area contributed by atoms with Gasteiger partial charge in [-0.15, -0.1) is 23.4 Å². The average molecular weight is 175 g/mol. The van der Waals surface area contributed by atoms with Crippen LogP contribution in [0.3, 0.4) is 0 Å². The van der Waals surface area contributed by atoms with Crippen LogP contribution in [-0.4, -0.2) is 17.4 Å². The van der Waals surface area contributed by atoms with E-state index in [4.69, 9.17) is 11.6 Å². The van der Waals surface area contributed by atoms with Crippen molar-refractivity contribution in [1.29, 1.82) is 0 Å². The van der Waals surface area contributed by atoms with Crippen molar-refractivity contribution >= 4 is 29.1 Å². The van der Waals surface area contributed by atoms with Gasteiger partial charge in [-0.3, -0.25) is 4.79 Å². The van der Waals surface area contributed by atoms with Gasteiger partial charge in [0.25, 0.3) is 0 Å². The Morgan fingerprint density at radius 2 is 2.60 bits per heavy atom. The smallest absolute Gasteiger partial charge is 0.183 e. The van der Waals surface area contributed by atoms with Crippen LogP contribution >= 0.6 is 23.4 Å². The van der Waals surface area contributed by atoms with Crippen molar-refractivity contribution in [3.05, 3.63) is 23.1 Å². The van der Waals surface area contributed by atoms with Crippen LogP contribution in [0.15, 0.2) is 23.1 Å². The molecule has 0 saturated heterocycles. The van der Waals surface area contributed by atoms with E-state index in [1.54, 1.807) is 6.08 Å². The zero-order valence-electron chi connectivity index (χ0n) is 5.34. The molecule has 0 spiro atoms. The third-order valence-electron chi connectivity index (χ3n) is 1.11. The number of halogens is 1. The van der Waals surface area contributed by atoms with Crippen LogP contribution in [-0.2, 0) is 4.79 Å². The van der Waals surface area contributed by atoms with E-state index in [2.05, 4.69) is 0 Å². The van der Waals surface area contributed by atoms with Gasteiger partial charge in [-0.25, -0.2) is 0 Å². The van der Waals surface area contributed by atoms with Crippen molar-refractivity contribution in [2.45, 2.75) is 0 Å². The predicted molar refractivity (Wildman–Crippen MR) is 45.4 cm³/mol. The van der Waals surface area contributed by atoms with E-state index >= 15 is 0 Å². The normalized spacial score (nSPS) is 16.7. The molecular weight excluding hydrogens is 168 g/mol. The molecule has 0 aliphatic carbocycles. The summed E-state index contributed by atoms with van der Waals surface area (Å²) < 4.78 is 0. The molecule has 0 aromatic carbocycles. The molecule has 0 amide bonds. The van der Waals surface area contributed by atoms with E-state index in [9.17, 15) is 4.79 Å². The molecule has 0 radical (unpaired) electrons. The Hall–Kier alpha value is -0.210. The van der Waals surface area contributed by atoms with Crippen LogP contribution in [0.4, 0.5) is 0 Å². The van der Waals surface area contributed by atoms with Crippen LogP contribution in [0.5, 0.6) is 0 Å². The Bertz CT molecular complexity index is 196. The van der Waals surface area contributed by atoms with Gasteiger partial charge < -0.3 is 0 Å². The highest BCUT2D eigenvalue weighted by Crippen LogP contribution is 2.20. The molecule has 1 heterocycles. The van der Waals surface area contributed by atoms with Crippen molar-refractivity contribution in [2.75, 3.05) is 11.6 Å². The molecular formula is C7H7ClOS. The molecule has 1 aliphatic rings. The Balaban J connectivity index is 2.62. The lowest BCUT2D eigenvalue weighted by Crippen LogP contribution is -2.02. The summed E-state index contributed by atoms with van der Waals surface area (Å²) in [6.45, 7) is 0. The Morgan fingerprint density at radius 3 is 3.10 bits per heavy atom. The fraction of sp³-hybridized carbons (Fsp3) is 0.286. The van der Waals surface area contributed by atoms with Gasteiger partial charge in [0.05, 0.1) is 10.8 Å². The lowest BCUT2D eigenvalue weighted by molar-refractivity contribution is -0.112. The number of carbonyl (C=O) groups excluding carboxylic acids is 1. The van der Waals surface area contributed by atoms with E-state index < -0.39 is 0 Å². The first-order chi connectivity index (χ1) is 4.84. The first-order valence-electron chi connectivity index (χ1n) is 2.93. The number of carbonyl (C=O) groups is 1. The van der Waals surface area contributed by atoms with Crippen LogP contribution < -0.4 is 0 Å². The molecule has 0 fully saturated rings. The van der Waals surface area contributed by atoms with Crippen LogP contribution in [0, 0.1) is 0 Å². The van der Waals surface area contributed by atoms with E-state index in [0.29, 0.717) is 0 Å². The Morgan fingerprint density at radius 1 is 1.80 bits per heavy atom. The molecule has 1 nitrogen and oxygen atoms in total. The Labute approximate surface area is 69.1 Å². The molecule has 0 bridgehead atoms. The van der Waals surface area contributed by atoms with Crippen molar-refractivity contribution in [3.63, 3.8) is 0 Å². The lowest BCUT2D eigenvalue weighted by Gasteiger charge is -2.03. The number of ketones is 1. The molecule has 3 heteroatoms. The van der Waals surface area contributed by atoms with Gasteiger partial charge >= 0.3 is 0 Å². The molecule has 0 aromatic rings. The number of thioether (sulfide) groups is 1. The summed E-state index contributed by atoms with van der Waals surface area (Å²) in [5.41, 5.74) is 0. The van der Waals surface area contributed by atoms with Crippen molar-refractivity contribution in [2.24, 2.45) is 0 Å². The van der Waals surface area contributed by atoms with E-state index in [-0.39, 0.29) is 11.7 Å². The molecule has 1 rings (SSSR count). The second-order valence-electron chi connectivity index (χ2n) is 1.83. The van der Waals surface area contributed by atoms with E-state index in [1.165, 1.54) is 11.8 Å². The van der Waals surface area contributed by atoms with Gasteiger partial charge in [-0.2, -0.15) is 0 Å². The summed E-state index contributed by atoms with van der Waals surface area (Å²) in [6, 6.07) is 0.